The third-order valence-corrected chi connectivity index (χ3v) is 4.68. The molecule has 0 amide bonds. The molecule has 1 atom stereocenters. The van der Waals surface area contributed by atoms with Gasteiger partial charge in [-0.15, -0.1) is 0 Å². The second-order valence-corrected chi connectivity index (χ2v) is 6.47. The Balaban J connectivity index is 2.94. The van der Waals surface area contributed by atoms with Crippen LogP contribution in [-0.4, -0.2) is 42.1 Å². The highest BCUT2D eigenvalue weighted by Gasteiger charge is 2.43. The van der Waals surface area contributed by atoms with Gasteiger partial charge in [0.1, 0.15) is 9.84 Å². The molecule has 6 nitrogen and oxygen atoms in total. The summed E-state index contributed by atoms with van der Waals surface area (Å²) in [5.41, 5.74) is -1.42. The Labute approximate surface area is 93.2 Å². The van der Waals surface area contributed by atoms with Gasteiger partial charge in [-0.05, 0) is 19.3 Å². The molecule has 0 aliphatic carbocycles. The van der Waals surface area contributed by atoms with Crippen molar-refractivity contribution in [2.45, 2.75) is 25.7 Å². The van der Waals surface area contributed by atoms with Crippen LogP contribution in [0.1, 0.15) is 25.7 Å². The minimum Gasteiger partial charge on any atom is -0.481 e. The number of rotatable bonds is 3. The maximum absolute atomic E-state index is 11.3. The van der Waals surface area contributed by atoms with Crippen LogP contribution < -0.4 is 0 Å². The second kappa shape index (κ2) is 4.40. The Morgan fingerprint density at radius 3 is 2.25 bits per heavy atom. The van der Waals surface area contributed by atoms with Gasteiger partial charge in [-0.3, -0.25) is 9.59 Å². The number of hydrogen-bond donors (Lipinski definition) is 2. The van der Waals surface area contributed by atoms with Gasteiger partial charge in [-0.25, -0.2) is 8.42 Å². The highest BCUT2D eigenvalue weighted by Crippen LogP contribution is 2.36. The summed E-state index contributed by atoms with van der Waals surface area (Å²) >= 11 is 0. The first-order valence-corrected chi connectivity index (χ1v) is 6.75. The number of hydrogen-bond acceptors (Lipinski definition) is 4. The average Bonchev–Trinajstić information content (AvgIpc) is 2.25. The summed E-state index contributed by atoms with van der Waals surface area (Å²) in [5, 5.41) is 17.8. The van der Waals surface area contributed by atoms with Crippen LogP contribution in [0.2, 0.25) is 0 Å². The van der Waals surface area contributed by atoms with Gasteiger partial charge in [0.05, 0.1) is 23.3 Å². The van der Waals surface area contributed by atoms with E-state index in [1.165, 1.54) is 0 Å². The van der Waals surface area contributed by atoms with E-state index >= 15 is 0 Å². The number of carboxylic acids is 2. The van der Waals surface area contributed by atoms with Crippen LogP contribution in [-0.2, 0) is 19.4 Å². The van der Waals surface area contributed by atoms with Gasteiger partial charge in [0.25, 0.3) is 0 Å². The molecule has 92 valence electrons. The number of aliphatic carboxylic acids is 2. The average molecular weight is 250 g/mol. The Hall–Kier alpha value is -1.11. The fourth-order valence-corrected chi connectivity index (χ4v) is 3.45. The highest BCUT2D eigenvalue weighted by molar-refractivity contribution is 7.91. The van der Waals surface area contributed by atoms with E-state index in [1.54, 1.807) is 0 Å². The first-order valence-electron chi connectivity index (χ1n) is 4.93. The smallest absolute Gasteiger partial charge is 0.310 e. The van der Waals surface area contributed by atoms with E-state index in [1.807, 2.05) is 0 Å². The summed E-state index contributed by atoms with van der Waals surface area (Å²) in [6.07, 6.45) is -0.315. The van der Waals surface area contributed by atoms with Crippen molar-refractivity contribution in [3.63, 3.8) is 0 Å². The zero-order valence-corrected chi connectivity index (χ0v) is 9.49. The van der Waals surface area contributed by atoms with Crippen LogP contribution >= 0.6 is 0 Å². The van der Waals surface area contributed by atoms with Gasteiger partial charge in [0.15, 0.2) is 0 Å². The Morgan fingerprint density at radius 1 is 1.12 bits per heavy atom. The Kier molecular flexibility index (Phi) is 3.57. The minimum absolute atomic E-state index is 0.0539. The van der Waals surface area contributed by atoms with Crippen molar-refractivity contribution in [3.05, 3.63) is 0 Å². The maximum atomic E-state index is 11.3. The molecule has 0 aromatic heterocycles. The van der Waals surface area contributed by atoms with Gasteiger partial charge in [0.2, 0.25) is 0 Å². The number of sulfone groups is 1. The Morgan fingerprint density at radius 2 is 1.75 bits per heavy atom. The van der Waals surface area contributed by atoms with E-state index in [9.17, 15) is 18.0 Å². The molecule has 0 aromatic rings. The monoisotopic (exact) mass is 250 g/mol. The number of carbonyl (C=O) groups is 2. The van der Waals surface area contributed by atoms with Crippen LogP contribution in [0.15, 0.2) is 0 Å². The van der Waals surface area contributed by atoms with Crippen molar-refractivity contribution in [3.8, 4) is 0 Å². The molecule has 1 heterocycles. The van der Waals surface area contributed by atoms with E-state index < -0.39 is 33.6 Å². The molecule has 0 aromatic carbocycles. The maximum Gasteiger partial charge on any atom is 0.310 e. The molecule has 1 aliphatic rings. The summed E-state index contributed by atoms with van der Waals surface area (Å²) in [4.78, 5) is 21.8. The number of carboxylic acid groups (broad SMARTS) is 2. The summed E-state index contributed by atoms with van der Waals surface area (Å²) < 4.78 is 22.7. The molecule has 16 heavy (non-hydrogen) atoms. The topological polar surface area (TPSA) is 109 Å². The van der Waals surface area contributed by atoms with Crippen molar-refractivity contribution in [2.24, 2.45) is 5.41 Å². The van der Waals surface area contributed by atoms with Crippen LogP contribution in [0.5, 0.6) is 0 Å². The molecular formula is C9H14O6S. The molecule has 7 heteroatoms. The highest BCUT2D eigenvalue weighted by atomic mass is 32.2. The second-order valence-electron chi connectivity index (χ2n) is 4.16. The zero-order chi connectivity index (χ0) is 12.4. The van der Waals surface area contributed by atoms with E-state index in [2.05, 4.69) is 0 Å². The van der Waals surface area contributed by atoms with E-state index in [0.29, 0.717) is 0 Å². The molecule has 1 fully saturated rings. The molecule has 1 unspecified atom stereocenters. The van der Waals surface area contributed by atoms with Gasteiger partial charge in [-0.1, -0.05) is 0 Å². The molecule has 1 saturated heterocycles. The van der Waals surface area contributed by atoms with Crippen LogP contribution in [0, 0.1) is 5.41 Å². The zero-order valence-electron chi connectivity index (χ0n) is 8.68. The molecule has 1 rings (SSSR count). The van der Waals surface area contributed by atoms with Crippen molar-refractivity contribution in [2.75, 3.05) is 11.5 Å². The van der Waals surface area contributed by atoms with Gasteiger partial charge in [0, 0.05) is 0 Å². The fraction of sp³-hybridized carbons (Fsp3) is 0.778. The van der Waals surface area contributed by atoms with Crippen LogP contribution in [0.25, 0.3) is 0 Å². The summed E-state index contributed by atoms with van der Waals surface area (Å²) in [5.74, 6) is -2.72. The fourth-order valence-electron chi connectivity index (χ4n) is 1.96. The molecule has 0 radical (unpaired) electrons. The van der Waals surface area contributed by atoms with E-state index in [-0.39, 0.29) is 30.8 Å². The van der Waals surface area contributed by atoms with Crippen LogP contribution in [0.3, 0.4) is 0 Å². The molecule has 0 spiro atoms. The molecule has 0 saturated carbocycles. The summed E-state index contributed by atoms with van der Waals surface area (Å²) in [7, 11) is -3.22. The van der Waals surface area contributed by atoms with Gasteiger partial charge >= 0.3 is 11.9 Å². The van der Waals surface area contributed by atoms with Crippen molar-refractivity contribution in [1.29, 1.82) is 0 Å². The lowest BCUT2D eigenvalue weighted by atomic mass is 9.78. The van der Waals surface area contributed by atoms with E-state index in [0.717, 1.165) is 0 Å². The van der Waals surface area contributed by atoms with E-state index in [4.69, 9.17) is 10.2 Å². The molecule has 2 N–H and O–H groups in total. The predicted octanol–water partition coefficient (Wildman–Crippen LogP) is 0.131. The molecular weight excluding hydrogens is 236 g/mol. The molecule has 1 aliphatic heterocycles. The van der Waals surface area contributed by atoms with Crippen LogP contribution in [0.4, 0.5) is 0 Å². The minimum atomic E-state index is -3.22. The van der Waals surface area contributed by atoms with Gasteiger partial charge in [-0.2, -0.15) is 0 Å². The SMILES string of the molecule is O=C(O)CC1(C(=O)O)CCCS(=O)(=O)CC1. The quantitative estimate of drug-likeness (QED) is 0.737. The van der Waals surface area contributed by atoms with Gasteiger partial charge < -0.3 is 10.2 Å². The Bertz CT molecular complexity index is 398. The third kappa shape index (κ3) is 2.94. The lowest BCUT2D eigenvalue weighted by Gasteiger charge is -2.25. The molecule has 0 bridgehead atoms. The lowest BCUT2D eigenvalue weighted by molar-refractivity contribution is -0.156. The van der Waals surface area contributed by atoms with Crippen molar-refractivity contribution < 1.29 is 28.2 Å². The van der Waals surface area contributed by atoms with Crippen molar-refractivity contribution in [1.82, 2.24) is 0 Å². The van der Waals surface area contributed by atoms with Crippen molar-refractivity contribution >= 4 is 21.8 Å². The largest absolute Gasteiger partial charge is 0.481 e. The normalized spacial score (nSPS) is 29.2. The lowest BCUT2D eigenvalue weighted by Crippen LogP contribution is -2.34. The predicted molar refractivity (Wildman–Crippen MR) is 54.8 cm³/mol. The first-order chi connectivity index (χ1) is 7.27. The standard InChI is InChI=1S/C9H14O6S/c10-7(11)6-9(8(12)13)2-1-4-16(14,15)5-3-9/h1-6H2,(H,10,11)(H,12,13). The third-order valence-electron chi connectivity index (χ3n) is 2.95. The summed E-state index contributed by atoms with van der Waals surface area (Å²) in [6.45, 7) is 0. The first kappa shape index (κ1) is 13.0. The summed E-state index contributed by atoms with van der Waals surface area (Å²) in [6, 6.07) is 0.